The summed E-state index contributed by atoms with van der Waals surface area (Å²) in [5.74, 6) is -0.164. The van der Waals surface area contributed by atoms with E-state index in [0.29, 0.717) is 0 Å². The molecular formula is C18H18BrF. The van der Waals surface area contributed by atoms with E-state index in [0.717, 1.165) is 11.1 Å². The second kappa shape index (κ2) is 5.69. The fourth-order valence-corrected chi connectivity index (χ4v) is 3.56. The van der Waals surface area contributed by atoms with Crippen molar-refractivity contribution in [3.05, 3.63) is 70.0 Å². The highest BCUT2D eigenvalue weighted by molar-refractivity contribution is 9.09. The zero-order valence-electron chi connectivity index (χ0n) is 11.6. The van der Waals surface area contributed by atoms with Crippen molar-refractivity contribution in [1.82, 2.24) is 0 Å². The van der Waals surface area contributed by atoms with Crippen LogP contribution in [0.3, 0.4) is 0 Å². The second-order valence-corrected chi connectivity index (χ2v) is 6.58. The highest BCUT2D eigenvalue weighted by Gasteiger charge is 2.15. The first kappa shape index (κ1) is 13.8. The summed E-state index contributed by atoms with van der Waals surface area (Å²) in [4.78, 5) is 0.0594. The first-order chi connectivity index (χ1) is 9.63. The molecule has 2 aromatic carbocycles. The molecule has 0 nitrogen and oxygen atoms in total. The van der Waals surface area contributed by atoms with Gasteiger partial charge in [0, 0.05) is 0 Å². The van der Waals surface area contributed by atoms with Gasteiger partial charge in [0.25, 0.3) is 0 Å². The van der Waals surface area contributed by atoms with Crippen LogP contribution in [0.1, 0.15) is 45.5 Å². The summed E-state index contributed by atoms with van der Waals surface area (Å²) >= 11 is 3.72. The first-order valence-corrected chi connectivity index (χ1v) is 8.08. The summed E-state index contributed by atoms with van der Waals surface area (Å²) in [7, 11) is 0. The van der Waals surface area contributed by atoms with Crippen LogP contribution in [0, 0.1) is 12.7 Å². The Morgan fingerprint density at radius 3 is 2.45 bits per heavy atom. The Kier molecular flexibility index (Phi) is 3.93. The van der Waals surface area contributed by atoms with Gasteiger partial charge >= 0.3 is 0 Å². The fourth-order valence-electron chi connectivity index (χ4n) is 3.01. The molecule has 1 unspecified atom stereocenters. The highest BCUT2D eigenvalue weighted by Crippen LogP contribution is 2.34. The van der Waals surface area contributed by atoms with Crippen molar-refractivity contribution < 1.29 is 4.39 Å². The molecule has 0 saturated carbocycles. The molecule has 0 amide bonds. The zero-order valence-corrected chi connectivity index (χ0v) is 13.2. The quantitative estimate of drug-likeness (QED) is 0.637. The van der Waals surface area contributed by atoms with Gasteiger partial charge in [0.1, 0.15) is 5.82 Å². The van der Waals surface area contributed by atoms with Gasteiger partial charge in [0.2, 0.25) is 0 Å². The van der Waals surface area contributed by atoms with Crippen molar-refractivity contribution >= 4 is 15.9 Å². The van der Waals surface area contributed by atoms with E-state index in [1.165, 1.54) is 42.4 Å². The van der Waals surface area contributed by atoms with Crippen molar-refractivity contribution in [2.75, 3.05) is 0 Å². The van der Waals surface area contributed by atoms with Crippen LogP contribution in [0.15, 0.2) is 36.4 Å². The maximum atomic E-state index is 13.6. The average molecular weight is 333 g/mol. The monoisotopic (exact) mass is 332 g/mol. The van der Waals surface area contributed by atoms with Gasteiger partial charge in [-0.3, -0.25) is 0 Å². The molecule has 1 aliphatic carbocycles. The number of hydrogen-bond donors (Lipinski definition) is 0. The lowest BCUT2D eigenvalue weighted by Gasteiger charge is -2.19. The summed E-state index contributed by atoms with van der Waals surface area (Å²) in [5, 5.41) is 0. The number of benzene rings is 2. The molecule has 0 bridgehead atoms. The highest BCUT2D eigenvalue weighted by atomic mass is 79.9. The molecule has 0 saturated heterocycles. The van der Waals surface area contributed by atoms with Gasteiger partial charge in [0.15, 0.2) is 0 Å². The Labute approximate surface area is 128 Å². The minimum Gasteiger partial charge on any atom is -0.207 e. The van der Waals surface area contributed by atoms with Gasteiger partial charge in [-0.2, -0.15) is 0 Å². The molecule has 2 aromatic rings. The summed E-state index contributed by atoms with van der Waals surface area (Å²) < 4.78 is 13.6. The van der Waals surface area contributed by atoms with Crippen LogP contribution in [0.2, 0.25) is 0 Å². The first-order valence-electron chi connectivity index (χ1n) is 7.16. The molecule has 0 heterocycles. The Morgan fingerprint density at radius 2 is 1.70 bits per heavy atom. The Morgan fingerprint density at radius 1 is 0.950 bits per heavy atom. The van der Waals surface area contributed by atoms with E-state index < -0.39 is 0 Å². The number of fused-ring (bicyclic) bond motifs is 1. The van der Waals surface area contributed by atoms with Crippen LogP contribution in [0.4, 0.5) is 4.39 Å². The molecule has 0 N–H and O–H groups in total. The Balaban J connectivity index is 1.95. The smallest absolute Gasteiger partial charge is 0.123 e. The van der Waals surface area contributed by atoms with E-state index in [4.69, 9.17) is 0 Å². The van der Waals surface area contributed by atoms with Gasteiger partial charge in [-0.25, -0.2) is 4.39 Å². The number of hydrogen-bond acceptors (Lipinski definition) is 0. The molecule has 0 radical (unpaired) electrons. The molecule has 0 spiro atoms. The van der Waals surface area contributed by atoms with Gasteiger partial charge in [-0.15, -0.1) is 0 Å². The van der Waals surface area contributed by atoms with E-state index in [1.54, 1.807) is 12.1 Å². The second-order valence-electron chi connectivity index (χ2n) is 5.66. The Bertz CT molecular complexity index is 613. The number of alkyl halides is 1. The molecule has 2 heteroatoms. The van der Waals surface area contributed by atoms with Crippen LogP contribution >= 0.6 is 15.9 Å². The third-order valence-electron chi connectivity index (χ3n) is 4.02. The van der Waals surface area contributed by atoms with Crippen molar-refractivity contribution in [3.63, 3.8) is 0 Å². The number of aryl methyl sites for hydroxylation is 3. The summed E-state index contributed by atoms with van der Waals surface area (Å²) in [5.41, 5.74) is 6.11. The lowest BCUT2D eigenvalue weighted by Crippen LogP contribution is -2.04. The summed E-state index contributed by atoms with van der Waals surface area (Å²) in [6, 6.07) is 11.9. The molecule has 0 aromatic heterocycles. The fraction of sp³-hybridized carbons (Fsp3) is 0.333. The molecule has 1 aliphatic rings. The van der Waals surface area contributed by atoms with Crippen molar-refractivity contribution in [1.29, 1.82) is 0 Å². The standard InChI is InChI=1S/C18H18BrF/c1-12-8-16(11-17(20)9-12)18(19)15-7-6-13-4-2-3-5-14(13)10-15/h6-11,18H,2-5H2,1H3. The number of rotatable bonds is 2. The van der Waals surface area contributed by atoms with Crippen LogP contribution < -0.4 is 0 Å². The minimum atomic E-state index is -0.164. The summed E-state index contributed by atoms with van der Waals surface area (Å²) in [6.45, 7) is 1.93. The van der Waals surface area contributed by atoms with Gasteiger partial charge in [-0.1, -0.05) is 40.2 Å². The molecule has 1 atom stereocenters. The van der Waals surface area contributed by atoms with Crippen molar-refractivity contribution in [2.24, 2.45) is 0 Å². The van der Waals surface area contributed by atoms with E-state index in [-0.39, 0.29) is 10.6 Å². The lowest BCUT2D eigenvalue weighted by molar-refractivity contribution is 0.624. The maximum absolute atomic E-state index is 13.6. The molecule has 20 heavy (non-hydrogen) atoms. The minimum absolute atomic E-state index is 0.0594. The third kappa shape index (κ3) is 2.80. The molecule has 3 rings (SSSR count). The topological polar surface area (TPSA) is 0 Å². The maximum Gasteiger partial charge on any atom is 0.123 e. The average Bonchev–Trinajstić information content (AvgIpc) is 2.45. The van der Waals surface area contributed by atoms with Crippen molar-refractivity contribution in [3.8, 4) is 0 Å². The van der Waals surface area contributed by atoms with E-state index >= 15 is 0 Å². The van der Waals surface area contributed by atoms with Gasteiger partial charge in [0.05, 0.1) is 4.83 Å². The predicted molar refractivity (Wildman–Crippen MR) is 85.0 cm³/mol. The van der Waals surface area contributed by atoms with Crippen LogP contribution in [0.25, 0.3) is 0 Å². The van der Waals surface area contributed by atoms with Crippen LogP contribution in [-0.2, 0) is 12.8 Å². The SMILES string of the molecule is Cc1cc(F)cc(C(Br)c2ccc3c(c2)CCCC3)c1. The normalized spacial score (nSPS) is 15.8. The Hall–Kier alpha value is -1.15. The van der Waals surface area contributed by atoms with Crippen LogP contribution in [-0.4, -0.2) is 0 Å². The lowest BCUT2D eigenvalue weighted by atomic mass is 9.89. The van der Waals surface area contributed by atoms with E-state index in [1.807, 2.05) is 13.0 Å². The zero-order chi connectivity index (χ0) is 14.1. The molecular weight excluding hydrogens is 315 g/mol. The van der Waals surface area contributed by atoms with Gasteiger partial charge < -0.3 is 0 Å². The summed E-state index contributed by atoms with van der Waals surface area (Å²) in [6.07, 6.45) is 4.95. The predicted octanol–water partition coefficient (Wildman–Crippen LogP) is 5.50. The van der Waals surface area contributed by atoms with Crippen molar-refractivity contribution in [2.45, 2.75) is 37.4 Å². The van der Waals surface area contributed by atoms with E-state index in [2.05, 4.69) is 34.1 Å². The largest absolute Gasteiger partial charge is 0.207 e. The molecule has 0 fully saturated rings. The molecule has 0 aliphatic heterocycles. The van der Waals surface area contributed by atoms with E-state index in [9.17, 15) is 4.39 Å². The number of halogens is 2. The van der Waals surface area contributed by atoms with Crippen LogP contribution in [0.5, 0.6) is 0 Å². The molecule has 104 valence electrons. The van der Waals surface area contributed by atoms with Gasteiger partial charge in [-0.05, 0) is 72.6 Å². The third-order valence-corrected chi connectivity index (χ3v) is 5.08.